The van der Waals surface area contributed by atoms with E-state index >= 15 is 0 Å². The first kappa shape index (κ1) is 21.3. The van der Waals surface area contributed by atoms with E-state index < -0.39 is 5.97 Å². The minimum atomic E-state index is -0.435. The molecule has 7 heteroatoms. The van der Waals surface area contributed by atoms with E-state index in [9.17, 15) is 9.59 Å². The molecule has 0 aliphatic carbocycles. The Morgan fingerprint density at radius 1 is 1.24 bits per heavy atom. The summed E-state index contributed by atoms with van der Waals surface area (Å²) in [5.74, 6) is -0.578. The fourth-order valence-corrected chi connectivity index (χ4v) is 5.17. The molecule has 0 radical (unpaired) electrons. The van der Waals surface area contributed by atoms with E-state index in [1.165, 1.54) is 30.2 Å². The van der Waals surface area contributed by atoms with E-state index in [1.54, 1.807) is 0 Å². The Bertz CT molecular complexity index is 1080. The Balaban J connectivity index is 1.84. The number of hydrogen-bond donors (Lipinski definition) is 1. The van der Waals surface area contributed by atoms with Gasteiger partial charge in [-0.3, -0.25) is 4.79 Å². The standard InChI is InChI=1S/C22H24N2O3S2/c1-6-17(29-18-11-12(2)15-9-7-8-10-16(15)23-18)20(25)24-21-19(22(26)27-5)13(3)14(4)28-21/h7-11,17H,6H2,1-5H3,(H,24,25). The molecule has 0 fully saturated rings. The number of methoxy groups -OCH3 is 1. The molecule has 5 nitrogen and oxygen atoms in total. The highest BCUT2D eigenvalue weighted by Gasteiger charge is 2.25. The van der Waals surface area contributed by atoms with Gasteiger partial charge in [-0.2, -0.15) is 0 Å². The van der Waals surface area contributed by atoms with Crippen molar-refractivity contribution in [3.05, 3.63) is 51.9 Å². The molecular weight excluding hydrogens is 404 g/mol. The van der Waals surface area contributed by atoms with E-state index in [-0.39, 0.29) is 11.2 Å². The summed E-state index contributed by atoms with van der Waals surface area (Å²) in [4.78, 5) is 30.8. The maximum absolute atomic E-state index is 13.0. The molecule has 29 heavy (non-hydrogen) atoms. The Morgan fingerprint density at radius 3 is 2.66 bits per heavy atom. The number of hydrogen-bond acceptors (Lipinski definition) is 6. The van der Waals surface area contributed by atoms with Gasteiger partial charge in [0.2, 0.25) is 5.91 Å². The first-order valence-corrected chi connectivity index (χ1v) is 11.1. The molecule has 152 valence electrons. The predicted octanol–water partition coefficient (Wildman–Crippen LogP) is 5.52. The van der Waals surface area contributed by atoms with Crippen LogP contribution in [0, 0.1) is 20.8 Å². The summed E-state index contributed by atoms with van der Waals surface area (Å²) in [6.45, 7) is 7.81. The average molecular weight is 429 g/mol. The number of aryl methyl sites for hydroxylation is 2. The fraction of sp³-hybridized carbons (Fsp3) is 0.318. The number of esters is 1. The third-order valence-electron chi connectivity index (χ3n) is 4.84. The second kappa shape index (κ2) is 8.97. The maximum Gasteiger partial charge on any atom is 0.341 e. The van der Waals surface area contributed by atoms with E-state index in [4.69, 9.17) is 9.72 Å². The van der Waals surface area contributed by atoms with Gasteiger partial charge in [-0.1, -0.05) is 36.9 Å². The Kier molecular flexibility index (Phi) is 6.59. The van der Waals surface area contributed by atoms with Crippen LogP contribution in [0.4, 0.5) is 5.00 Å². The molecule has 2 aromatic heterocycles. The highest BCUT2D eigenvalue weighted by Crippen LogP contribution is 2.34. The molecule has 0 saturated carbocycles. The molecule has 0 spiro atoms. The lowest BCUT2D eigenvalue weighted by Gasteiger charge is -2.15. The topological polar surface area (TPSA) is 68.3 Å². The number of rotatable bonds is 6. The van der Waals surface area contributed by atoms with Crippen molar-refractivity contribution in [3.63, 3.8) is 0 Å². The third-order valence-corrected chi connectivity index (χ3v) is 7.24. The van der Waals surface area contributed by atoms with Crippen LogP contribution in [-0.2, 0) is 9.53 Å². The number of amides is 1. The van der Waals surface area contributed by atoms with E-state index in [0.29, 0.717) is 17.0 Å². The summed E-state index contributed by atoms with van der Waals surface area (Å²) in [6.07, 6.45) is 0.640. The van der Waals surface area contributed by atoms with Gasteiger partial charge in [0.05, 0.1) is 28.5 Å². The second-order valence-corrected chi connectivity index (χ2v) is 9.23. The number of thioether (sulfide) groups is 1. The van der Waals surface area contributed by atoms with Crippen LogP contribution in [0.15, 0.2) is 35.4 Å². The lowest BCUT2D eigenvalue weighted by atomic mass is 10.1. The minimum Gasteiger partial charge on any atom is -0.465 e. The molecule has 1 aromatic carbocycles. The van der Waals surface area contributed by atoms with E-state index in [2.05, 4.69) is 12.2 Å². The van der Waals surface area contributed by atoms with Crippen molar-refractivity contribution in [1.82, 2.24) is 4.98 Å². The number of nitrogens with zero attached hydrogens (tertiary/aromatic N) is 1. The highest BCUT2D eigenvalue weighted by molar-refractivity contribution is 8.00. The first-order chi connectivity index (χ1) is 13.8. The largest absolute Gasteiger partial charge is 0.465 e. The zero-order chi connectivity index (χ0) is 21.1. The molecular formula is C22H24N2O3S2. The van der Waals surface area contributed by atoms with Gasteiger partial charge in [0.25, 0.3) is 0 Å². The van der Waals surface area contributed by atoms with Crippen molar-refractivity contribution in [2.24, 2.45) is 0 Å². The van der Waals surface area contributed by atoms with E-state index in [0.717, 1.165) is 31.9 Å². The Hall–Kier alpha value is -2.38. The van der Waals surface area contributed by atoms with Gasteiger partial charge >= 0.3 is 5.97 Å². The maximum atomic E-state index is 13.0. The summed E-state index contributed by atoms with van der Waals surface area (Å²) < 4.78 is 4.89. The van der Waals surface area contributed by atoms with Crippen LogP contribution >= 0.6 is 23.1 Å². The highest BCUT2D eigenvalue weighted by atomic mass is 32.2. The van der Waals surface area contributed by atoms with Gasteiger partial charge in [-0.05, 0) is 50.5 Å². The second-order valence-electron chi connectivity index (χ2n) is 6.78. The summed E-state index contributed by atoms with van der Waals surface area (Å²) in [5.41, 5.74) is 3.32. The molecule has 1 N–H and O–H groups in total. The van der Waals surface area contributed by atoms with Crippen molar-refractivity contribution in [3.8, 4) is 0 Å². The smallest absolute Gasteiger partial charge is 0.341 e. The van der Waals surface area contributed by atoms with Crippen molar-refractivity contribution in [2.75, 3.05) is 12.4 Å². The molecule has 1 unspecified atom stereocenters. The number of thiophene rings is 1. The molecule has 0 aliphatic heterocycles. The molecule has 3 aromatic rings. The molecule has 1 atom stereocenters. The van der Waals surface area contributed by atoms with Gasteiger partial charge in [0.1, 0.15) is 5.00 Å². The third kappa shape index (κ3) is 4.46. The number of pyridine rings is 1. The normalized spacial score (nSPS) is 12.0. The number of carbonyl (C=O) groups excluding carboxylic acids is 2. The van der Waals surface area contributed by atoms with Gasteiger partial charge in [-0.15, -0.1) is 11.3 Å². The zero-order valence-corrected chi connectivity index (χ0v) is 18.8. The van der Waals surface area contributed by atoms with Gasteiger partial charge in [-0.25, -0.2) is 9.78 Å². The number of fused-ring (bicyclic) bond motifs is 1. The summed E-state index contributed by atoms with van der Waals surface area (Å²) >= 11 is 2.84. The van der Waals surface area contributed by atoms with Crippen molar-refractivity contribution < 1.29 is 14.3 Å². The number of aromatic nitrogens is 1. The summed E-state index contributed by atoms with van der Waals surface area (Å²) in [6, 6.07) is 10.0. The summed E-state index contributed by atoms with van der Waals surface area (Å²) in [7, 11) is 1.35. The van der Waals surface area contributed by atoms with Gasteiger partial charge in [0, 0.05) is 10.3 Å². The number of benzene rings is 1. The van der Waals surface area contributed by atoms with Crippen molar-refractivity contribution >= 4 is 50.9 Å². The van der Waals surface area contributed by atoms with Crippen LogP contribution in [0.5, 0.6) is 0 Å². The molecule has 0 aliphatic rings. The number of nitrogens with one attached hydrogen (secondary N) is 1. The monoisotopic (exact) mass is 428 g/mol. The molecule has 0 bridgehead atoms. The molecule has 0 saturated heterocycles. The van der Waals surface area contributed by atoms with Crippen LogP contribution in [-0.4, -0.2) is 29.2 Å². The van der Waals surface area contributed by atoms with Crippen LogP contribution < -0.4 is 5.32 Å². The molecule has 3 rings (SSSR count). The number of ether oxygens (including phenoxy) is 1. The SMILES string of the molecule is CCC(Sc1cc(C)c2ccccc2n1)C(=O)Nc1sc(C)c(C)c1C(=O)OC. The van der Waals surface area contributed by atoms with Crippen molar-refractivity contribution in [2.45, 2.75) is 44.4 Å². The van der Waals surface area contributed by atoms with Crippen LogP contribution in [0.3, 0.4) is 0 Å². The quantitative estimate of drug-likeness (QED) is 0.414. The van der Waals surface area contributed by atoms with Crippen LogP contribution in [0.2, 0.25) is 0 Å². The number of anilines is 1. The fourth-order valence-electron chi connectivity index (χ4n) is 3.10. The lowest BCUT2D eigenvalue weighted by Crippen LogP contribution is -2.25. The Morgan fingerprint density at radius 2 is 1.97 bits per heavy atom. The zero-order valence-electron chi connectivity index (χ0n) is 17.2. The average Bonchev–Trinajstić information content (AvgIpc) is 2.98. The predicted molar refractivity (Wildman–Crippen MR) is 120 cm³/mol. The molecule has 2 heterocycles. The van der Waals surface area contributed by atoms with E-state index in [1.807, 2.05) is 51.1 Å². The van der Waals surface area contributed by atoms with Crippen LogP contribution in [0.25, 0.3) is 10.9 Å². The van der Waals surface area contributed by atoms with Gasteiger partial charge in [0.15, 0.2) is 0 Å². The first-order valence-electron chi connectivity index (χ1n) is 9.37. The van der Waals surface area contributed by atoms with Crippen molar-refractivity contribution in [1.29, 1.82) is 0 Å². The van der Waals surface area contributed by atoms with Crippen LogP contribution in [0.1, 0.15) is 39.7 Å². The lowest BCUT2D eigenvalue weighted by molar-refractivity contribution is -0.115. The number of carbonyl (C=O) groups is 2. The summed E-state index contributed by atoms with van der Waals surface area (Å²) in [5, 5.41) is 5.09. The number of para-hydroxylation sites is 1. The Labute approximate surface area is 178 Å². The van der Waals surface area contributed by atoms with Gasteiger partial charge < -0.3 is 10.1 Å². The minimum absolute atomic E-state index is 0.142. The molecule has 1 amide bonds.